The van der Waals surface area contributed by atoms with Crippen LogP contribution in [0.5, 0.6) is 0 Å². The Morgan fingerprint density at radius 1 is 1.33 bits per heavy atom. The van der Waals surface area contributed by atoms with Crippen molar-refractivity contribution in [2.24, 2.45) is 0 Å². The first-order chi connectivity index (χ1) is 6.56. The van der Waals surface area contributed by atoms with E-state index in [2.05, 4.69) is 5.32 Å². The van der Waals surface area contributed by atoms with Crippen molar-refractivity contribution in [2.75, 3.05) is 0 Å². The van der Waals surface area contributed by atoms with Gasteiger partial charge in [0.2, 0.25) is 0 Å². The van der Waals surface area contributed by atoms with E-state index in [9.17, 15) is 14.7 Å². The number of hydrogen-bond acceptors (Lipinski definition) is 4. The smallest absolute Gasteiger partial charge is 0.408 e. The first-order valence-electron chi connectivity index (χ1n) is 4.73. The topological polar surface area (TPSA) is 75.6 Å². The molecule has 0 aliphatic rings. The lowest BCUT2D eigenvalue weighted by atomic mass is 10.0. The number of hydrogen-bond donors (Lipinski definition) is 2. The molecular formula is C10H19NO4. The monoisotopic (exact) mass is 217 g/mol. The van der Waals surface area contributed by atoms with Crippen LogP contribution in [0.4, 0.5) is 4.79 Å². The van der Waals surface area contributed by atoms with Crippen LogP contribution in [0.3, 0.4) is 0 Å². The zero-order valence-electron chi connectivity index (χ0n) is 9.83. The molecule has 0 aliphatic heterocycles. The Kier molecular flexibility index (Phi) is 4.27. The van der Waals surface area contributed by atoms with Crippen molar-refractivity contribution in [1.29, 1.82) is 0 Å². The quantitative estimate of drug-likeness (QED) is 0.687. The number of ether oxygens (including phenoxy) is 1. The summed E-state index contributed by atoms with van der Waals surface area (Å²) in [5, 5.41) is 11.8. The fourth-order valence-corrected chi connectivity index (χ4v) is 0.812. The van der Waals surface area contributed by atoms with Crippen LogP contribution in [0.2, 0.25) is 0 Å². The van der Waals surface area contributed by atoms with E-state index in [1.165, 1.54) is 13.8 Å². The second kappa shape index (κ2) is 4.61. The van der Waals surface area contributed by atoms with Gasteiger partial charge in [0.25, 0.3) is 0 Å². The third kappa shape index (κ3) is 6.06. The summed E-state index contributed by atoms with van der Waals surface area (Å²) in [6, 6.07) is -0.979. The SMILES string of the molecule is CC(C)(C)OC(=O)N[C@H](C=O)C(C)(C)O. The summed E-state index contributed by atoms with van der Waals surface area (Å²) in [7, 11) is 0. The van der Waals surface area contributed by atoms with Crippen molar-refractivity contribution in [3.05, 3.63) is 0 Å². The molecule has 0 spiro atoms. The fourth-order valence-electron chi connectivity index (χ4n) is 0.812. The molecule has 0 aromatic carbocycles. The van der Waals surface area contributed by atoms with Crippen molar-refractivity contribution in [2.45, 2.75) is 51.9 Å². The summed E-state index contributed by atoms with van der Waals surface area (Å²) in [6.45, 7) is 8.01. The van der Waals surface area contributed by atoms with E-state index in [4.69, 9.17) is 4.74 Å². The Labute approximate surface area is 89.8 Å². The van der Waals surface area contributed by atoms with E-state index < -0.39 is 23.3 Å². The Bertz CT molecular complexity index is 237. The molecule has 0 aliphatic carbocycles. The second-order valence-electron chi connectivity index (χ2n) is 4.91. The van der Waals surface area contributed by atoms with Gasteiger partial charge in [-0.15, -0.1) is 0 Å². The van der Waals surface area contributed by atoms with Gasteiger partial charge in [-0.2, -0.15) is 0 Å². The van der Waals surface area contributed by atoms with Gasteiger partial charge >= 0.3 is 6.09 Å². The van der Waals surface area contributed by atoms with Gasteiger partial charge in [0, 0.05) is 0 Å². The highest BCUT2D eigenvalue weighted by Crippen LogP contribution is 2.10. The summed E-state index contributed by atoms with van der Waals surface area (Å²) in [4.78, 5) is 21.9. The second-order valence-corrected chi connectivity index (χ2v) is 4.91. The summed E-state index contributed by atoms with van der Waals surface area (Å²) in [5.41, 5.74) is -1.93. The molecule has 0 unspecified atom stereocenters. The lowest BCUT2D eigenvalue weighted by molar-refractivity contribution is -0.114. The van der Waals surface area contributed by atoms with Crippen molar-refractivity contribution >= 4 is 12.4 Å². The van der Waals surface area contributed by atoms with E-state index in [0.717, 1.165) is 0 Å². The Morgan fingerprint density at radius 2 is 1.80 bits per heavy atom. The summed E-state index contributed by atoms with van der Waals surface area (Å²) >= 11 is 0. The number of carbonyl (C=O) groups excluding carboxylic acids is 2. The number of nitrogens with one attached hydrogen (secondary N) is 1. The minimum absolute atomic E-state index is 0.476. The Hall–Kier alpha value is -1.10. The molecule has 5 heteroatoms. The molecule has 0 saturated heterocycles. The first-order valence-corrected chi connectivity index (χ1v) is 4.73. The van der Waals surface area contributed by atoms with Gasteiger partial charge in [-0.05, 0) is 34.6 Å². The van der Waals surface area contributed by atoms with E-state index in [0.29, 0.717) is 6.29 Å². The van der Waals surface area contributed by atoms with Crippen LogP contribution >= 0.6 is 0 Å². The molecule has 15 heavy (non-hydrogen) atoms. The zero-order valence-corrected chi connectivity index (χ0v) is 9.83. The lowest BCUT2D eigenvalue weighted by Gasteiger charge is -2.27. The summed E-state index contributed by atoms with van der Waals surface area (Å²) in [6.07, 6.45) is -0.245. The van der Waals surface area contributed by atoms with E-state index in [1.54, 1.807) is 20.8 Å². The van der Waals surface area contributed by atoms with Crippen LogP contribution < -0.4 is 5.32 Å². The summed E-state index contributed by atoms with van der Waals surface area (Å²) in [5.74, 6) is 0. The van der Waals surface area contributed by atoms with E-state index in [-0.39, 0.29) is 0 Å². The lowest BCUT2D eigenvalue weighted by Crippen LogP contribution is -2.51. The zero-order chi connectivity index (χ0) is 12.3. The molecule has 88 valence electrons. The van der Waals surface area contributed by atoms with Crippen LogP contribution in [0.25, 0.3) is 0 Å². The van der Waals surface area contributed by atoms with Gasteiger partial charge in [-0.1, -0.05) is 0 Å². The maximum atomic E-state index is 11.3. The number of alkyl carbamates (subject to hydrolysis) is 1. The van der Waals surface area contributed by atoms with Crippen molar-refractivity contribution in [3.63, 3.8) is 0 Å². The predicted molar refractivity (Wildman–Crippen MR) is 55.5 cm³/mol. The van der Waals surface area contributed by atoms with Crippen LogP contribution in [0, 0.1) is 0 Å². The van der Waals surface area contributed by atoms with Crippen molar-refractivity contribution < 1.29 is 19.4 Å². The largest absolute Gasteiger partial charge is 0.444 e. The number of carbonyl (C=O) groups is 2. The molecule has 0 saturated carbocycles. The number of amides is 1. The molecule has 0 heterocycles. The molecule has 2 N–H and O–H groups in total. The molecule has 0 rings (SSSR count). The molecule has 0 radical (unpaired) electrons. The van der Waals surface area contributed by atoms with Gasteiger partial charge in [0.05, 0.1) is 5.60 Å². The molecule has 5 nitrogen and oxygen atoms in total. The highest BCUT2D eigenvalue weighted by atomic mass is 16.6. The van der Waals surface area contributed by atoms with E-state index >= 15 is 0 Å². The standard InChI is InChI=1S/C10H19NO4/c1-9(2,3)15-8(13)11-7(6-12)10(4,5)14/h6-7,14H,1-5H3,(H,11,13)/t7-/m1/s1. The van der Waals surface area contributed by atoms with Crippen LogP contribution in [-0.4, -0.2) is 34.7 Å². The third-order valence-corrected chi connectivity index (χ3v) is 1.57. The first kappa shape index (κ1) is 13.9. The van der Waals surface area contributed by atoms with Gasteiger partial charge in [0.15, 0.2) is 0 Å². The van der Waals surface area contributed by atoms with Gasteiger partial charge < -0.3 is 20.0 Å². The van der Waals surface area contributed by atoms with E-state index in [1.807, 2.05) is 0 Å². The average molecular weight is 217 g/mol. The minimum Gasteiger partial charge on any atom is -0.444 e. The molecule has 0 aromatic heterocycles. The summed E-state index contributed by atoms with van der Waals surface area (Å²) < 4.78 is 4.95. The fraction of sp³-hybridized carbons (Fsp3) is 0.800. The Balaban J connectivity index is 4.33. The maximum Gasteiger partial charge on any atom is 0.408 e. The molecule has 1 amide bonds. The molecule has 0 fully saturated rings. The predicted octanol–water partition coefficient (Wildman–Crippen LogP) is 0.849. The molecule has 0 bridgehead atoms. The number of aldehydes is 1. The van der Waals surface area contributed by atoms with Crippen molar-refractivity contribution in [3.8, 4) is 0 Å². The highest BCUT2D eigenvalue weighted by Gasteiger charge is 2.29. The van der Waals surface area contributed by atoms with Gasteiger partial charge in [-0.3, -0.25) is 0 Å². The Morgan fingerprint density at radius 3 is 2.07 bits per heavy atom. The third-order valence-electron chi connectivity index (χ3n) is 1.57. The highest BCUT2D eigenvalue weighted by molar-refractivity contribution is 5.74. The van der Waals surface area contributed by atoms with Crippen LogP contribution in [0.15, 0.2) is 0 Å². The van der Waals surface area contributed by atoms with Crippen LogP contribution in [0.1, 0.15) is 34.6 Å². The number of rotatable bonds is 3. The maximum absolute atomic E-state index is 11.3. The molecular weight excluding hydrogens is 198 g/mol. The molecule has 1 atom stereocenters. The van der Waals surface area contributed by atoms with Gasteiger partial charge in [0.1, 0.15) is 17.9 Å². The van der Waals surface area contributed by atoms with Gasteiger partial charge in [-0.25, -0.2) is 4.79 Å². The average Bonchev–Trinajstić information content (AvgIpc) is 1.94. The minimum atomic E-state index is -1.31. The molecule has 0 aromatic rings. The van der Waals surface area contributed by atoms with Crippen LogP contribution in [-0.2, 0) is 9.53 Å². The number of aliphatic hydroxyl groups is 1. The van der Waals surface area contributed by atoms with Crippen molar-refractivity contribution in [1.82, 2.24) is 5.32 Å². The normalized spacial score (nSPS) is 14.3.